The third-order valence-corrected chi connectivity index (χ3v) is 3.66. The van der Waals surface area contributed by atoms with E-state index in [9.17, 15) is 13.2 Å². The van der Waals surface area contributed by atoms with Crippen LogP contribution in [0.25, 0.3) is 0 Å². The van der Waals surface area contributed by atoms with Gasteiger partial charge in [-0.3, -0.25) is 0 Å². The fourth-order valence-corrected chi connectivity index (χ4v) is 2.67. The molecular formula is C16H17F3O2. The van der Waals surface area contributed by atoms with Crippen LogP contribution in [0.15, 0.2) is 24.3 Å². The Bertz CT molecular complexity index is 480. The van der Waals surface area contributed by atoms with E-state index in [1.807, 2.05) is 0 Å². The Kier molecular flexibility index (Phi) is 5.13. The Hall–Kier alpha value is -1.67. The molecule has 0 N–H and O–H groups in total. The van der Waals surface area contributed by atoms with Gasteiger partial charge in [-0.2, -0.15) is 0 Å². The van der Waals surface area contributed by atoms with Crippen LogP contribution in [0.3, 0.4) is 0 Å². The molecule has 0 atom stereocenters. The molecule has 0 aliphatic heterocycles. The third kappa shape index (κ3) is 4.98. The number of hydrogen-bond donors (Lipinski definition) is 0. The second kappa shape index (κ2) is 6.86. The summed E-state index contributed by atoms with van der Waals surface area (Å²) in [5.41, 5.74) is 1.04. The van der Waals surface area contributed by atoms with E-state index in [1.54, 1.807) is 12.1 Å². The molecule has 0 amide bonds. The highest BCUT2D eigenvalue weighted by molar-refractivity contribution is 5.29. The minimum absolute atomic E-state index is 0.183. The number of halogens is 3. The zero-order valence-corrected chi connectivity index (χ0v) is 11.5. The molecule has 1 aromatic carbocycles. The maximum Gasteiger partial charge on any atom is 0.573 e. The largest absolute Gasteiger partial charge is 0.573 e. The van der Waals surface area contributed by atoms with Gasteiger partial charge in [-0.05, 0) is 49.3 Å². The van der Waals surface area contributed by atoms with Gasteiger partial charge in [-0.1, -0.05) is 18.1 Å². The summed E-state index contributed by atoms with van der Waals surface area (Å²) >= 11 is 0. The van der Waals surface area contributed by atoms with Crippen LogP contribution in [0, 0.1) is 12.3 Å². The van der Waals surface area contributed by atoms with Gasteiger partial charge >= 0.3 is 6.36 Å². The van der Waals surface area contributed by atoms with E-state index < -0.39 is 6.36 Å². The second-order valence-electron chi connectivity index (χ2n) is 5.11. The summed E-state index contributed by atoms with van der Waals surface area (Å²) in [7, 11) is 0. The summed E-state index contributed by atoms with van der Waals surface area (Å²) in [5.74, 6) is 2.63. The van der Waals surface area contributed by atoms with Crippen LogP contribution < -0.4 is 4.74 Å². The predicted molar refractivity (Wildman–Crippen MR) is 72.9 cm³/mol. The number of ether oxygens (including phenoxy) is 2. The summed E-state index contributed by atoms with van der Waals surface area (Å²) < 4.78 is 45.6. The molecule has 5 heteroatoms. The van der Waals surface area contributed by atoms with Crippen molar-refractivity contribution in [2.75, 3.05) is 6.61 Å². The van der Waals surface area contributed by atoms with E-state index >= 15 is 0 Å². The number of rotatable bonds is 4. The van der Waals surface area contributed by atoms with E-state index in [-0.39, 0.29) is 11.9 Å². The zero-order valence-electron chi connectivity index (χ0n) is 11.5. The van der Waals surface area contributed by atoms with Crippen molar-refractivity contribution in [1.82, 2.24) is 0 Å². The number of benzene rings is 1. The van der Waals surface area contributed by atoms with Gasteiger partial charge in [-0.25, -0.2) is 0 Å². The van der Waals surface area contributed by atoms with Crippen molar-refractivity contribution in [3.8, 4) is 18.1 Å². The van der Waals surface area contributed by atoms with Crippen molar-refractivity contribution >= 4 is 0 Å². The highest BCUT2D eigenvalue weighted by atomic mass is 19.4. The summed E-state index contributed by atoms with van der Waals surface area (Å²) in [6.45, 7) is 0.332. The van der Waals surface area contributed by atoms with Gasteiger partial charge in [0.25, 0.3) is 0 Å². The molecule has 1 saturated carbocycles. The minimum Gasteiger partial charge on any atom is -0.406 e. The molecule has 0 unspecified atom stereocenters. The number of hydrogen-bond acceptors (Lipinski definition) is 2. The van der Waals surface area contributed by atoms with Crippen molar-refractivity contribution < 1.29 is 22.6 Å². The summed E-state index contributed by atoms with van der Waals surface area (Å²) in [5, 5.41) is 0. The average molecular weight is 298 g/mol. The Labute approximate surface area is 122 Å². The SMILES string of the molecule is C#CCO[C@H]1CC[C@H](c2ccc(OC(F)(F)F)cc2)CC1. The molecule has 2 rings (SSSR count). The molecule has 1 aromatic rings. The first kappa shape index (κ1) is 15.7. The lowest BCUT2D eigenvalue weighted by Gasteiger charge is -2.28. The maximum atomic E-state index is 12.1. The van der Waals surface area contributed by atoms with Crippen molar-refractivity contribution in [3.05, 3.63) is 29.8 Å². The summed E-state index contributed by atoms with van der Waals surface area (Å²) in [6.07, 6.45) is 4.46. The van der Waals surface area contributed by atoms with Crippen LogP contribution in [0.5, 0.6) is 5.75 Å². The maximum absolute atomic E-state index is 12.1. The fourth-order valence-electron chi connectivity index (χ4n) is 2.67. The predicted octanol–water partition coefficient (Wildman–Crippen LogP) is 4.26. The Balaban J connectivity index is 1.88. The molecule has 2 nitrogen and oxygen atoms in total. The number of alkyl halides is 3. The van der Waals surface area contributed by atoms with E-state index in [0.717, 1.165) is 31.2 Å². The van der Waals surface area contributed by atoms with E-state index in [0.29, 0.717) is 12.5 Å². The molecule has 1 aliphatic carbocycles. The van der Waals surface area contributed by atoms with E-state index in [4.69, 9.17) is 11.2 Å². The first-order valence-corrected chi connectivity index (χ1v) is 6.88. The lowest BCUT2D eigenvalue weighted by atomic mass is 9.83. The lowest BCUT2D eigenvalue weighted by molar-refractivity contribution is -0.274. The molecule has 0 spiro atoms. The Morgan fingerprint density at radius 1 is 1.10 bits per heavy atom. The van der Waals surface area contributed by atoms with Crippen LogP contribution in [-0.4, -0.2) is 19.1 Å². The second-order valence-corrected chi connectivity index (χ2v) is 5.11. The highest BCUT2D eigenvalue weighted by Crippen LogP contribution is 2.35. The van der Waals surface area contributed by atoms with Gasteiger partial charge in [0.1, 0.15) is 12.4 Å². The molecule has 114 valence electrons. The van der Waals surface area contributed by atoms with Gasteiger partial charge in [-0.15, -0.1) is 19.6 Å². The normalized spacial score (nSPS) is 22.6. The highest BCUT2D eigenvalue weighted by Gasteiger charge is 2.31. The summed E-state index contributed by atoms with van der Waals surface area (Å²) in [4.78, 5) is 0. The molecule has 0 bridgehead atoms. The molecule has 21 heavy (non-hydrogen) atoms. The van der Waals surface area contributed by atoms with Gasteiger partial charge in [0, 0.05) is 0 Å². The molecular weight excluding hydrogens is 281 g/mol. The Morgan fingerprint density at radius 2 is 1.71 bits per heavy atom. The van der Waals surface area contributed by atoms with Crippen molar-refractivity contribution in [3.63, 3.8) is 0 Å². The third-order valence-electron chi connectivity index (χ3n) is 3.66. The molecule has 0 heterocycles. The van der Waals surface area contributed by atoms with Crippen LogP contribution in [0.2, 0.25) is 0 Å². The van der Waals surface area contributed by atoms with Crippen molar-refractivity contribution in [2.45, 2.75) is 44.1 Å². The van der Waals surface area contributed by atoms with Crippen molar-refractivity contribution in [1.29, 1.82) is 0 Å². The fraction of sp³-hybridized carbons (Fsp3) is 0.500. The molecule has 0 radical (unpaired) electrons. The number of terminal acetylenes is 1. The van der Waals surface area contributed by atoms with Crippen molar-refractivity contribution in [2.24, 2.45) is 0 Å². The average Bonchev–Trinajstić information content (AvgIpc) is 2.45. The summed E-state index contributed by atoms with van der Waals surface area (Å²) in [6, 6.07) is 6.14. The van der Waals surface area contributed by atoms with Gasteiger partial charge in [0.2, 0.25) is 0 Å². The zero-order chi connectivity index (χ0) is 15.3. The first-order chi connectivity index (χ1) is 9.98. The quantitative estimate of drug-likeness (QED) is 0.773. The van der Waals surface area contributed by atoms with Gasteiger partial charge in [0.15, 0.2) is 0 Å². The van der Waals surface area contributed by atoms with Crippen LogP contribution in [-0.2, 0) is 4.74 Å². The minimum atomic E-state index is -4.64. The molecule has 1 aliphatic rings. The first-order valence-electron chi connectivity index (χ1n) is 6.88. The standard InChI is InChI=1S/C16H17F3O2/c1-2-11-20-14-7-3-12(4-8-14)13-5-9-15(10-6-13)21-16(17,18)19/h1,5-6,9-10,12,14H,3-4,7-8,11H2/t12-,14-. The monoisotopic (exact) mass is 298 g/mol. The van der Waals surface area contributed by atoms with Crippen LogP contribution >= 0.6 is 0 Å². The smallest absolute Gasteiger partial charge is 0.406 e. The Morgan fingerprint density at radius 3 is 2.24 bits per heavy atom. The van der Waals surface area contributed by atoms with Crippen LogP contribution in [0.1, 0.15) is 37.2 Å². The molecule has 1 fully saturated rings. The van der Waals surface area contributed by atoms with Crippen LogP contribution in [0.4, 0.5) is 13.2 Å². The topological polar surface area (TPSA) is 18.5 Å². The molecule has 0 aromatic heterocycles. The van der Waals surface area contributed by atoms with E-state index in [2.05, 4.69) is 10.7 Å². The van der Waals surface area contributed by atoms with Gasteiger partial charge < -0.3 is 9.47 Å². The lowest BCUT2D eigenvalue weighted by Crippen LogP contribution is -2.21. The van der Waals surface area contributed by atoms with E-state index in [1.165, 1.54) is 12.1 Å². The van der Waals surface area contributed by atoms with Gasteiger partial charge in [0.05, 0.1) is 6.10 Å². The molecule has 0 saturated heterocycles.